The summed E-state index contributed by atoms with van der Waals surface area (Å²) in [5.74, 6) is 0. The highest BCUT2D eigenvalue weighted by Crippen LogP contribution is 2.40. The van der Waals surface area contributed by atoms with Gasteiger partial charge in [0.1, 0.15) is 0 Å². The third kappa shape index (κ3) is 7.43. The minimum atomic E-state index is 1.06. The van der Waals surface area contributed by atoms with Crippen LogP contribution in [0.2, 0.25) is 0 Å². The van der Waals surface area contributed by atoms with E-state index in [-0.39, 0.29) is 0 Å². The second-order valence-corrected chi connectivity index (χ2v) is 15.2. The highest BCUT2D eigenvalue weighted by molar-refractivity contribution is 6.01. The maximum Gasteiger partial charge on any atom is 0.0540 e. The van der Waals surface area contributed by atoms with Crippen LogP contribution in [0.25, 0.3) is 66.6 Å². The van der Waals surface area contributed by atoms with Gasteiger partial charge >= 0.3 is 0 Å². The van der Waals surface area contributed by atoms with Gasteiger partial charge in [-0.05, 0) is 133 Å². The summed E-state index contributed by atoms with van der Waals surface area (Å²) in [6.07, 6.45) is 11.5. The number of hydrogen-bond donors (Lipinski definition) is 0. The van der Waals surface area contributed by atoms with E-state index in [2.05, 4.69) is 242 Å². The molecule has 0 aliphatic heterocycles. The molecule has 9 aromatic carbocycles. The van der Waals surface area contributed by atoms with E-state index in [1.807, 2.05) is 0 Å². The van der Waals surface area contributed by atoms with E-state index in [1.165, 1.54) is 77.2 Å². The number of fused-ring (bicyclic) bond motifs is 2. The van der Waals surface area contributed by atoms with Crippen LogP contribution in [0.15, 0.2) is 236 Å². The van der Waals surface area contributed by atoms with Crippen LogP contribution < -0.4 is 4.90 Å². The number of para-hydroxylation sites is 1. The summed E-state index contributed by atoms with van der Waals surface area (Å²) >= 11 is 0. The van der Waals surface area contributed by atoms with Crippen molar-refractivity contribution < 1.29 is 0 Å². The summed E-state index contributed by atoms with van der Waals surface area (Å²) in [5.41, 5.74) is 15.6. The third-order valence-corrected chi connectivity index (χ3v) is 11.5. The summed E-state index contributed by atoms with van der Waals surface area (Å²) in [7, 11) is 0. The summed E-state index contributed by atoms with van der Waals surface area (Å²) in [5, 5.41) is 4.98. The highest BCUT2D eigenvalue weighted by Gasteiger charge is 2.16. The predicted octanol–water partition coefficient (Wildman–Crippen LogP) is 16.3. The smallest absolute Gasteiger partial charge is 0.0540 e. The maximum absolute atomic E-state index is 2.38. The molecule has 10 rings (SSSR count). The Bertz CT molecular complexity index is 3010. The zero-order valence-electron chi connectivity index (χ0n) is 32.9. The summed E-state index contributed by atoms with van der Waals surface area (Å²) in [4.78, 5) is 2.35. The molecule has 1 nitrogen and oxygen atoms in total. The molecule has 0 aromatic heterocycles. The molecule has 59 heavy (non-hydrogen) atoms. The second-order valence-electron chi connectivity index (χ2n) is 15.2. The number of anilines is 3. The zero-order valence-corrected chi connectivity index (χ0v) is 32.9. The Morgan fingerprint density at radius 2 is 0.932 bits per heavy atom. The molecule has 0 saturated carbocycles. The lowest BCUT2D eigenvalue weighted by atomic mass is 9.90. The van der Waals surface area contributed by atoms with Gasteiger partial charge in [-0.2, -0.15) is 0 Å². The molecule has 0 heterocycles. The van der Waals surface area contributed by atoms with Crippen LogP contribution in [-0.2, 0) is 0 Å². The molecule has 0 fully saturated rings. The molecule has 9 aromatic rings. The first-order valence-corrected chi connectivity index (χ1v) is 20.6. The van der Waals surface area contributed by atoms with Gasteiger partial charge in [0.15, 0.2) is 0 Å². The van der Waals surface area contributed by atoms with Crippen molar-refractivity contribution in [1.82, 2.24) is 0 Å². The summed E-state index contributed by atoms with van der Waals surface area (Å²) in [6.45, 7) is 0. The monoisotopic (exact) mass is 753 g/mol. The van der Waals surface area contributed by atoms with Crippen LogP contribution >= 0.6 is 0 Å². The molecule has 1 aliphatic carbocycles. The van der Waals surface area contributed by atoms with E-state index < -0.39 is 0 Å². The molecule has 1 heteroatoms. The Morgan fingerprint density at radius 3 is 1.59 bits per heavy atom. The van der Waals surface area contributed by atoms with Gasteiger partial charge in [0.25, 0.3) is 0 Å². The summed E-state index contributed by atoms with van der Waals surface area (Å²) < 4.78 is 0. The molecule has 0 amide bonds. The lowest BCUT2D eigenvalue weighted by Crippen LogP contribution is -2.10. The molecule has 0 atom stereocenters. The normalized spacial score (nSPS) is 12.7. The van der Waals surface area contributed by atoms with Crippen molar-refractivity contribution in [3.63, 3.8) is 0 Å². The van der Waals surface area contributed by atoms with Crippen molar-refractivity contribution in [2.45, 2.75) is 12.8 Å². The number of allylic oxidation sites excluding steroid dienone is 5. The lowest BCUT2D eigenvalue weighted by molar-refractivity contribution is 1.03. The average Bonchev–Trinajstić information content (AvgIpc) is 3.32. The fraction of sp³-hybridized carbons (Fsp3) is 0.0345. The van der Waals surface area contributed by atoms with Crippen molar-refractivity contribution in [1.29, 1.82) is 0 Å². The van der Waals surface area contributed by atoms with Crippen LogP contribution in [0.5, 0.6) is 0 Å². The average molecular weight is 754 g/mol. The molecular weight excluding hydrogens is 711 g/mol. The van der Waals surface area contributed by atoms with Gasteiger partial charge in [-0.25, -0.2) is 0 Å². The third-order valence-electron chi connectivity index (χ3n) is 11.5. The van der Waals surface area contributed by atoms with Crippen LogP contribution in [0, 0.1) is 0 Å². The Kier molecular flexibility index (Phi) is 9.84. The SMILES string of the molecule is C1=CC(/C(=C\c2cccc3ccccc23)c2ccc(-c3cccc(-c4cccc(-c5ccc(N(c6ccccc6)c6cccc7ccccc67)cc5)c4)c3)cc2)=CCC1. The van der Waals surface area contributed by atoms with E-state index in [0.29, 0.717) is 0 Å². The summed E-state index contributed by atoms with van der Waals surface area (Å²) in [6, 6.07) is 76.9. The molecule has 0 radical (unpaired) electrons. The Labute approximate surface area is 347 Å². The van der Waals surface area contributed by atoms with Gasteiger partial charge in [0.2, 0.25) is 0 Å². The molecule has 0 saturated heterocycles. The number of hydrogen-bond acceptors (Lipinski definition) is 1. The van der Waals surface area contributed by atoms with Crippen LogP contribution in [-0.4, -0.2) is 0 Å². The van der Waals surface area contributed by atoms with Crippen molar-refractivity contribution in [2.24, 2.45) is 0 Å². The minimum absolute atomic E-state index is 1.06. The predicted molar refractivity (Wildman–Crippen MR) is 253 cm³/mol. The van der Waals surface area contributed by atoms with Gasteiger partial charge < -0.3 is 4.90 Å². The van der Waals surface area contributed by atoms with Gasteiger partial charge in [-0.1, -0.05) is 188 Å². The van der Waals surface area contributed by atoms with E-state index in [9.17, 15) is 0 Å². The van der Waals surface area contributed by atoms with Crippen molar-refractivity contribution in [2.75, 3.05) is 4.90 Å². The first-order chi connectivity index (χ1) is 29.2. The Balaban J connectivity index is 0.938. The highest BCUT2D eigenvalue weighted by atomic mass is 15.1. The zero-order chi connectivity index (χ0) is 39.4. The number of nitrogens with zero attached hydrogens (tertiary/aromatic N) is 1. The van der Waals surface area contributed by atoms with Crippen molar-refractivity contribution in [3.05, 3.63) is 247 Å². The molecule has 280 valence electrons. The Morgan fingerprint density at radius 1 is 0.407 bits per heavy atom. The van der Waals surface area contributed by atoms with Gasteiger partial charge in [-0.15, -0.1) is 0 Å². The van der Waals surface area contributed by atoms with Crippen LogP contribution in [0.3, 0.4) is 0 Å². The molecule has 0 spiro atoms. The quantitative estimate of drug-likeness (QED) is 0.133. The van der Waals surface area contributed by atoms with Gasteiger partial charge in [0.05, 0.1) is 5.69 Å². The molecule has 1 aliphatic rings. The first kappa shape index (κ1) is 35.9. The van der Waals surface area contributed by atoms with Crippen molar-refractivity contribution in [3.8, 4) is 33.4 Å². The van der Waals surface area contributed by atoms with E-state index >= 15 is 0 Å². The maximum atomic E-state index is 2.38. The molecule has 0 unspecified atom stereocenters. The molecule has 0 N–H and O–H groups in total. The number of benzene rings is 9. The largest absolute Gasteiger partial charge is 0.310 e. The van der Waals surface area contributed by atoms with Crippen molar-refractivity contribution >= 4 is 50.3 Å². The van der Waals surface area contributed by atoms with Crippen LogP contribution in [0.4, 0.5) is 17.1 Å². The Hall–Kier alpha value is -7.48. The fourth-order valence-corrected chi connectivity index (χ4v) is 8.49. The lowest BCUT2D eigenvalue weighted by Gasteiger charge is -2.27. The van der Waals surface area contributed by atoms with E-state index in [4.69, 9.17) is 0 Å². The van der Waals surface area contributed by atoms with Gasteiger partial charge in [0, 0.05) is 16.8 Å². The fourth-order valence-electron chi connectivity index (χ4n) is 8.49. The second kappa shape index (κ2) is 16.2. The first-order valence-electron chi connectivity index (χ1n) is 20.6. The standard InChI is InChI=1S/C58H43N/c1-3-15-46(16-4-1)57(41-52-25-11-19-44-17-7-9-28-55(44)52)47-33-31-42(32-34-47)48-21-12-23-50(39-48)51-24-13-22-49(40-51)43-35-37-54(38-36-43)59(53-26-5-2-6-27-53)58-30-14-20-45-18-8-10-29-56(45)58/h2-3,5-41H,1,4H2/b57-41+. The van der Waals surface area contributed by atoms with Crippen LogP contribution in [0.1, 0.15) is 24.0 Å². The van der Waals surface area contributed by atoms with Gasteiger partial charge in [-0.3, -0.25) is 0 Å². The topological polar surface area (TPSA) is 3.24 Å². The van der Waals surface area contributed by atoms with E-state index in [0.717, 1.165) is 29.9 Å². The molecule has 0 bridgehead atoms. The number of rotatable bonds is 9. The minimum Gasteiger partial charge on any atom is -0.310 e. The molecular formula is C58H43N. The van der Waals surface area contributed by atoms with E-state index in [1.54, 1.807) is 0 Å².